The van der Waals surface area contributed by atoms with Crippen LogP contribution in [-0.2, 0) is 9.57 Å². The van der Waals surface area contributed by atoms with Gasteiger partial charge in [0.2, 0.25) is 5.90 Å². The molecule has 1 aromatic carbocycles. The number of hydrogen-bond acceptors (Lipinski definition) is 7. The molecular formula is C26H30N6O4. The molecule has 188 valence electrons. The summed E-state index contributed by atoms with van der Waals surface area (Å²) in [6.07, 6.45) is 4.06. The van der Waals surface area contributed by atoms with E-state index in [1.54, 1.807) is 10.6 Å². The van der Waals surface area contributed by atoms with Crippen molar-refractivity contribution >= 4 is 29.2 Å². The fraction of sp³-hybridized carbons (Fsp3) is 0.385. The Morgan fingerprint density at radius 3 is 2.78 bits per heavy atom. The van der Waals surface area contributed by atoms with E-state index >= 15 is 0 Å². The number of nitrogens with zero attached hydrogens (tertiary/aromatic N) is 3. The van der Waals surface area contributed by atoms with Crippen molar-refractivity contribution in [3.8, 4) is 0 Å². The van der Waals surface area contributed by atoms with Crippen molar-refractivity contribution in [3.05, 3.63) is 65.6 Å². The number of carbonyl (C=O) groups is 2. The highest BCUT2D eigenvalue weighted by Gasteiger charge is 2.38. The lowest BCUT2D eigenvalue weighted by molar-refractivity contribution is 0.0459. The van der Waals surface area contributed by atoms with Gasteiger partial charge in [0.1, 0.15) is 16.9 Å². The number of carbonyl (C=O) groups excluding carboxylic acids is 2. The molecule has 0 bridgehead atoms. The molecule has 3 aromatic rings. The first-order chi connectivity index (χ1) is 17.2. The second kappa shape index (κ2) is 9.27. The van der Waals surface area contributed by atoms with E-state index in [2.05, 4.69) is 21.1 Å². The van der Waals surface area contributed by atoms with Gasteiger partial charge in [0, 0.05) is 23.8 Å². The summed E-state index contributed by atoms with van der Waals surface area (Å²) >= 11 is 0. The molecule has 5 rings (SSSR count). The number of aryl methyl sites for hydroxylation is 1. The van der Waals surface area contributed by atoms with E-state index in [0.717, 1.165) is 24.0 Å². The number of rotatable bonds is 5. The van der Waals surface area contributed by atoms with Crippen LogP contribution in [0.5, 0.6) is 0 Å². The molecule has 0 radical (unpaired) electrons. The average Bonchev–Trinajstić information content (AvgIpc) is 3.44. The standard InChI is InChI=1S/C26H30N6O4/c1-15-8-9-16(13-19(15)29-23(33)20-14-27-21-7-5-6-10-32(20)21)22-30-24(36-31-22)17-11-18(12-17)28-25(34)35-26(2,3)4/h5-10,13-14,17-18,22,31H,11-12H2,1-4H3,(H,28,34)(H,29,33)/t17-,18-,22?. The van der Waals surface area contributed by atoms with Gasteiger partial charge >= 0.3 is 6.09 Å². The number of benzene rings is 1. The predicted molar refractivity (Wildman–Crippen MR) is 135 cm³/mol. The SMILES string of the molecule is Cc1ccc(C2N=C([C@H]3C[C@H](NC(=O)OC(C)(C)C)C3)ON2)cc1NC(=O)c1cnc2ccccn12. The van der Waals surface area contributed by atoms with E-state index in [4.69, 9.17) is 14.6 Å². The monoisotopic (exact) mass is 490 g/mol. The maximum absolute atomic E-state index is 13.0. The summed E-state index contributed by atoms with van der Waals surface area (Å²) in [6, 6.07) is 11.4. The number of hydroxylamine groups is 1. The third kappa shape index (κ3) is 5.03. The zero-order chi connectivity index (χ0) is 25.4. The van der Waals surface area contributed by atoms with Crippen LogP contribution in [0.4, 0.5) is 10.5 Å². The Labute approximate surface area is 209 Å². The van der Waals surface area contributed by atoms with Crippen LogP contribution in [-0.4, -0.2) is 38.9 Å². The summed E-state index contributed by atoms with van der Waals surface area (Å²) < 4.78 is 7.07. The van der Waals surface area contributed by atoms with Gasteiger partial charge in [0.25, 0.3) is 5.91 Å². The van der Waals surface area contributed by atoms with Crippen LogP contribution in [0.2, 0.25) is 0 Å². The number of ether oxygens (including phenoxy) is 1. The largest absolute Gasteiger partial charge is 0.444 e. The number of hydrogen-bond donors (Lipinski definition) is 3. The lowest BCUT2D eigenvalue weighted by atomic mass is 9.80. The molecule has 1 unspecified atom stereocenters. The molecule has 1 fully saturated rings. The predicted octanol–water partition coefficient (Wildman–Crippen LogP) is 4.13. The summed E-state index contributed by atoms with van der Waals surface area (Å²) in [4.78, 5) is 39.6. The highest BCUT2D eigenvalue weighted by atomic mass is 16.7. The van der Waals surface area contributed by atoms with Gasteiger partial charge in [-0.15, -0.1) is 5.48 Å². The number of pyridine rings is 1. The van der Waals surface area contributed by atoms with E-state index in [0.29, 0.717) is 22.9 Å². The molecular weight excluding hydrogens is 460 g/mol. The Morgan fingerprint density at radius 2 is 2.00 bits per heavy atom. The molecule has 0 saturated heterocycles. The number of fused-ring (bicyclic) bond motifs is 1. The van der Waals surface area contributed by atoms with Gasteiger partial charge in [-0.25, -0.2) is 14.8 Å². The van der Waals surface area contributed by atoms with Crippen LogP contribution >= 0.6 is 0 Å². The van der Waals surface area contributed by atoms with E-state index in [9.17, 15) is 9.59 Å². The highest BCUT2D eigenvalue weighted by Crippen LogP contribution is 2.33. The van der Waals surface area contributed by atoms with Crippen LogP contribution < -0.4 is 16.1 Å². The van der Waals surface area contributed by atoms with Crippen molar-refractivity contribution in [2.75, 3.05) is 5.32 Å². The van der Waals surface area contributed by atoms with Gasteiger partial charge in [0.15, 0.2) is 6.17 Å². The van der Waals surface area contributed by atoms with Gasteiger partial charge in [-0.2, -0.15) is 0 Å². The Balaban J connectivity index is 1.22. The molecule has 3 heterocycles. The van der Waals surface area contributed by atoms with Gasteiger partial charge in [-0.1, -0.05) is 18.2 Å². The topological polar surface area (TPSA) is 118 Å². The zero-order valence-corrected chi connectivity index (χ0v) is 20.7. The van der Waals surface area contributed by atoms with Crippen molar-refractivity contribution in [1.82, 2.24) is 20.2 Å². The summed E-state index contributed by atoms with van der Waals surface area (Å²) in [5.41, 5.74) is 6.10. The molecule has 10 heteroatoms. The number of anilines is 1. The van der Waals surface area contributed by atoms with Crippen LogP contribution in [0.25, 0.3) is 5.65 Å². The summed E-state index contributed by atoms with van der Waals surface area (Å²) in [5, 5.41) is 5.88. The number of nitrogens with one attached hydrogen (secondary N) is 3. The summed E-state index contributed by atoms with van der Waals surface area (Å²) in [7, 11) is 0. The first-order valence-electron chi connectivity index (χ1n) is 12.0. The number of aromatic nitrogens is 2. The summed E-state index contributed by atoms with van der Waals surface area (Å²) in [6.45, 7) is 7.45. The second-order valence-corrected chi connectivity index (χ2v) is 10.2. The molecule has 36 heavy (non-hydrogen) atoms. The van der Waals surface area contributed by atoms with Crippen LogP contribution in [0.3, 0.4) is 0 Å². The smallest absolute Gasteiger partial charge is 0.407 e. The number of imidazole rings is 1. The fourth-order valence-corrected chi connectivity index (χ4v) is 4.27. The molecule has 10 nitrogen and oxygen atoms in total. The first kappa shape index (κ1) is 23.8. The van der Waals surface area contributed by atoms with Crippen LogP contribution in [0, 0.1) is 12.8 Å². The highest BCUT2D eigenvalue weighted by molar-refractivity contribution is 6.04. The number of alkyl carbamates (subject to hydrolysis) is 1. The molecule has 1 atom stereocenters. The quantitative estimate of drug-likeness (QED) is 0.495. The Morgan fingerprint density at radius 1 is 1.19 bits per heavy atom. The Bertz CT molecular complexity index is 1340. The van der Waals surface area contributed by atoms with Crippen molar-refractivity contribution < 1.29 is 19.2 Å². The molecule has 2 aliphatic rings. The third-order valence-corrected chi connectivity index (χ3v) is 6.21. The fourth-order valence-electron chi connectivity index (χ4n) is 4.27. The van der Waals surface area contributed by atoms with Gasteiger partial charge in [-0.3, -0.25) is 9.20 Å². The van der Waals surface area contributed by atoms with Crippen molar-refractivity contribution in [2.24, 2.45) is 10.9 Å². The van der Waals surface area contributed by atoms with E-state index in [-0.39, 0.29) is 24.0 Å². The Hall–Kier alpha value is -3.92. The summed E-state index contributed by atoms with van der Waals surface area (Å²) in [5.74, 6) is 0.508. The van der Waals surface area contributed by atoms with Crippen LogP contribution in [0.1, 0.15) is 61.4 Å². The number of aliphatic imine (C=N–C) groups is 1. The van der Waals surface area contributed by atoms with Crippen molar-refractivity contribution in [2.45, 2.75) is 58.3 Å². The average molecular weight is 491 g/mol. The van der Waals surface area contributed by atoms with Gasteiger partial charge in [-0.05, 0) is 69.9 Å². The van der Waals surface area contributed by atoms with Crippen molar-refractivity contribution in [1.29, 1.82) is 0 Å². The zero-order valence-electron chi connectivity index (χ0n) is 20.7. The van der Waals surface area contributed by atoms with E-state index < -0.39 is 11.7 Å². The molecule has 3 N–H and O–H groups in total. The maximum atomic E-state index is 13.0. The van der Waals surface area contributed by atoms with Gasteiger partial charge in [0.05, 0.1) is 6.20 Å². The third-order valence-electron chi connectivity index (χ3n) is 6.21. The normalized spacial score (nSPS) is 21.3. The minimum absolute atomic E-state index is 0.0380. The molecule has 1 aliphatic carbocycles. The number of amides is 2. The Kier molecular flexibility index (Phi) is 6.13. The van der Waals surface area contributed by atoms with Gasteiger partial charge < -0.3 is 20.2 Å². The minimum atomic E-state index is -0.526. The second-order valence-electron chi connectivity index (χ2n) is 10.2. The van der Waals surface area contributed by atoms with E-state index in [1.807, 2.05) is 70.3 Å². The first-order valence-corrected chi connectivity index (χ1v) is 12.0. The molecule has 0 spiro atoms. The lowest BCUT2D eigenvalue weighted by Gasteiger charge is -2.35. The van der Waals surface area contributed by atoms with Crippen molar-refractivity contribution in [3.63, 3.8) is 0 Å². The maximum Gasteiger partial charge on any atom is 0.407 e. The molecule has 2 aromatic heterocycles. The van der Waals surface area contributed by atoms with Crippen LogP contribution in [0.15, 0.2) is 53.8 Å². The minimum Gasteiger partial charge on any atom is -0.444 e. The lowest BCUT2D eigenvalue weighted by Crippen LogP contribution is -2.48. The molecule has 1 saturated carbocycles. The molecule has 1 aliphatic heterocycles. The molecule has 2 amide bonds. The van der Waals surface area contributed by atoms with E-state index in [1.165, 1.54) is 0 Å².